The van der Waals surface area contributed by atoms with Crippen LogP contribution in [0.3, 0.4) is 0 Å². The van der Waals surface area contributed by atoms with Gasteiger partial charge < -0.3 is 0 Å². The van der Waals surface area contributed by atoms with Gasteiger partial charge in [-0.25, -0.2) is 0 Å². The van der Waals surface area contributed by atoms with Gasteiger partial charge in [0.2, 0.25) is 0 Å². The first-order chi connectivity index (χ1) is 8.45. The van der Waals surface area contributed by atoms with Crippen LogP contribution >= 0.6 is 15.9 Å². The largest absolute Gasteiger partial charge is 0.0836 e. The third kappa shape index (κ3) is 2.39. The van der Waals surface area contributed by atoms with E-state index >= 15 is 0 Å². The minimum atomic E-state index is 0.259. The van der Waals surface area contributed by atoms with Gasteiger partial charge in [0, 0.05) is 4.83 Å². The Hall–Kier alpha value is -0.300. The van der Waals surface area contributed by atoms with E-state index in [1.807, 2.05) is 0 Å². The maximum atomic E-state index is 3.94. The smallest absolute Gasteiger partial charge is 0.0423 e. The van der Waals surface area contributed by atoms with Gasteiger partial charge in [-0.3, -0.25) is 0 Å². The predicted molar refractivity (Wildman–Crippen MR) is 81.1 cm³/mol. The molecule has 0 amide bonds. The zero-order valence-corrected chi connectivity index (χ0v) is 13.2. The number of fused-ring (bicyclic) bond motifs is 1. The van der Waals surface area contributed by atoms with Crippen LogP contribution in [0, 0.1) is 17.8 Å². The Morgan fingerprint density at radius 2 is 1.56 bits per heavy atom. The lowest BCUT2D eigenvalue weighted by molar-refractivity contribution is 0.481. The summed E-state index contributed by atoms with van der Waals surface area (Å²) in [6.07, 6.45) is 4.41. The van der Waals surface area contributed by atoms with Crippen molar-refractivity contribution >= 4 is 15.9 Å². The molecule has 1 heteroatoms. The summed E-state index contributed by atoms with van der Waals surface area (Å²) in [4.78, 5) is 0.569. The monoisotopic (exact) mass is 306 g/mol. The van der Waals surface area contributed by atoms with Crippen LogP contribution in [0.2, 0.25) is 0 Å². The maximum absolute atomic E-state index is 3.94. The van der Waals surface area contributed by atoms with Crippen molar-refractivity contribution in [3.63, 3.8) is 0 Å². The maximum Gasteiger partial charge on any atom is 0.0423 e. The minimum absolute atomic E-state index is 0.259. The van der Waals surface area contributed by atoms with Crippen LogP contribution in [0.1, 0.15) is 56.0 Å². The van der Waals surface area contributed by atoms with Crippen LogP contribution in [0.25, 0.3) is 0 Å². The van der Waals surface area contributed by atoms with E-state index in [1.54, 1.807) is 0 Å². The van der Waals surface area contributed by atoms with Crippen LogP contribution < -0.4 is 0 Å². The molecule has 0 spiro atoms. The van der Waals surface area contributed by atoms with Crippen molar-refractivity contribution < 1.29 is 0 Å². The van der Waals surface area contributed by atoms with Crippen molar-refractivity contribution in [2.45, 2.75) is 50.3 Å². The second-order valence-electron chi connectivity index (χ2n) is 7.26. The van der Waals surface area contributed by atoms with E-state index in [9.17, 15) is 0 Å². The fraction of sp³-hybridized carbons (Fsp3) is 0.647. The van der Waals surface area contributed by atoms with Crippen molar-refractivity contribution in [3.8, 4) is 0 Å². The Morgan fingerprint density at radius 3 is 2.06 bits per heavy atom. The molecule has 3 rings (SSSR count). The van der Waals surface area contributed by atoms with Gasteiger partial charge in [-0.1, -0.05) is 61.0 Å². The lowest BCUT2D eigenvalue weighted by Gasteiger charge is -2.22. The highest BCUT2D eigenvalue weighted by Crippen LogP contribution is 2.58. The Morgan fingerprint density at radius 1 is 1.00 bits per heavy atom. The highest BCUT2D eigenvalue weighted by Gasteiger charge is 2.47. The van der Waals surface area contributed by atoms with Gasteiger partial charge in [-0.2, -0.15) is 0 Å². The summed E-state index contributed by atoms with van der Waals surface area (Å²) in [6, 6.07) is 9.26. The topological polar surface area (TPSA) is 0 Å². The Balaban J connectivity index is 1.72. The average Bonchev–Trinajstić information content (AvgIpc) is 2.94. The molecule has 1 aromatic rings. The molecule has 3 atom stereocenters. The molecular weight excluding hydrogens is 284 g/mol. The van der Waals surface area contributed by atoms with Crippen molar-refractivity contribution in [1.29, 1.82) is 0 Å². The molecule has 0 nitrogen and oxygen atoms in total. The fourth-order valence-electron chi connectivity index (χ4n) is 3.44. The number of hydrogen-bond acceptors (Lipinski definition) is 0. The molecule has 2 saturated carbocycles. The zero-order chi connectivity index (χ0) is 12.9. The standard InChI is InChI=1S/C17H23Br/c1-17(2,3)15-6-4-11(5-7-15)16(18)14-9-12-8-13(12)10-14/h4-7,12-14,16H,8-10H2,1-3H3. The lowest BCUT2D eigenvalue weighted by atomic mass is 9.85. The summed E-state index contributed by atoms with van der Waals surface area (Å²) >= 11 is 3.94. The van der Waals surface area contributed by atoms with Gasteiger partial charge in [0.25, 0.3) is 0 Å². The van der Waals surface area contributed by atoms with E-state index in [2.05, 4.69) is 61.0 Å². The lowest BCUT2D eigenvalue weighted by Crippen LogP contribution is -2.11. The molecule has 0 heterocycles. The van der Waals surface area contributed by atoms with Gasteiger partial charge in [-0.15, -0.1) is 0 Å². The molecule has 2 aliphatic carbocycles. The molecule has 0 aliphatic heterocycles. The molecule has 2 aliphatic rings. The number of hydrogen-bond donors (Lipinski definition) is 0. The summed E-state index contributed by atoms with van der Waals surface area (Å²) in [6.45, 7) is 6.83. The van der Waals surface area contributed by atoms with Gasteiger partial charge in [0.05, 0.1) is 0 Å². The Labute approximate surface area is 119 Å². The van der Waals surface area contributed by atoms with E-state index in [-0.39, 0.29) is 5.41 Å². The molecule has 0 bridgehead atoms. The van der Waals surface area contributed by atoms with Crippen molar-refractivity contribution in [2.75, 3.05) is 0 Å². The molecule has 3 unspecified atom stereocenters. The van der Waals surface area contributed by atoms with Crippen LogP contribution in [-0.2, 0) is 5.41 Å². The molecule has 0 aromatic heterocycles. The first-order valence-corrected chi connectivity index (χ1v) is 8.11. The van der Waals surface area contributed by atoms with E-state index in [0.29, 0.717) is 4.83 Å². The van der Waals surface area contributed by atoms with Crippen LogP contribution in [0.15, 0.2) is 24.3 Å². The third-order valence-electron chi connectivity index (χ3n) is 4.79. The Kier molecular flexibility index (Phi) is 3.09. The van der Waals surface area contributed by atoms with Crippen molar-refractivity contribution in [3.05, 3.63) is 35.4 Å². The normalized spacial score (nSPS) is 32.1. The number of alkyl halides is 1. The SMILES string of the molecule is CC(C)(C)c1ccc(C(Br)C2CC3CC3C2)cc1. The molecule has 0 N–H and O–H groups in total. The third-order valence-corrected chi connectivity index (χ3v) is 6.07. The highest BCUT2D eigenvalue weighted by atomic mass is 79.9. The second-order valence-corrected chi connectivity index (χ2v) is 8.25. The first-order valence-electron chi connectivity index (χ1n) is 7.19. The quantitative estimate of drug-likeness (QED) is 0.636. The van der Waals surface area contributed by atoms with Crippen LogP contribution in [0.5, 0.6) is 0 Å². The van der Waals surface area contributed by atoms with E-state index in [4.69, 9.17) is 0 Å². The van der Waals surface area contributed by atoms with E-state index in [1.165, 1.54) is 30.4 Å². The van der Waals surface area contributed by atoms with E-state index in [0.717, 1.165) is 17.8 Å². The summed E-state index contributed by atoms with van der Waals surface area (Å²) in [5, 5.41) is 0. The molecular formula is C17H23Br. The number of rotatable bonds is 2. The van der Waals surface area contributed by atoms with Gasteiger partial charge >= 0.3 is 0 Å². The summed E-state index contributed by atoms with van der Waals surface area (Å²) in [5.41, 5.74) is 3.16. The second kappa shape index (κ2) is 4.37. The van der Waals surface area contributed by atoms with Gasteiger partial charge in [-0.05, 0) is 53.6 Å². The van der Waals surface area contributed by atoms with Crippen molar-refractivity contribution in [2.24, 2.45) is 17.8 Å². The Bertz CT molecular complexity index is 416. The van der Waals surface area contributed by atoms with Crippen LogP contribution in [-0.4, -0.2) is 0 Å². The molecule has 0 saturated heterocycles. The predicted octanol–water partition coefficient (Wildman–Crippen LogP) is 5.47. The summed E-state index contributed by atoms with van der Waals surface area (Å²) < 4.78 is 0. The molecule has 2 fully saturated rings. The summed E-state index contributed by atoms with van der Waals surface area (Å²) in [7, 11) is 0. The number of halogens is 1. The number of benzene rings is 1. The highest BCUT2D eigenvalue weighted by molar-refractivity contribution is 9.09. The first kappa shape index (κ1) is 12.7. The van der Waals surface area contributed by atoms with Crippen LogP contribution in [0.4, 0.5) is 0 Å². The van der Waals surface area contributed by atoms with E-state index < -0.39 is 0 Å². The fourth-order valence-corrected chi connectivity index (χ4v) is 4.18. The van der Waals surface area contributed by atoms with Gasteiger partial charge in [0.1, 0.15) is 0 Å². The molecule has 98 valence electrons. The molecule has 18 heavy (non-hydrogen) atoms. The molecule has 0 radical (unpaired) electrons. The zero-order valence-electron chi connectivity index (χ0n) is 11.6. The molecule has 1 aromatic carbocycles. The van der Waals surface area contributed by atoms with Gasteiger partial charge in [0.15, 0.2) is 0 Å². The summed E-state index contributed by atoms with van der Waals surface area (Å²) in [5.74, 6) is 3.02. The minimum Gasteiger partial charge on any atom is -0.0836 e. The van der Waals surface area contributed by atoms with Crippen molar-refractivity contribution in [1.82, 2.24) is 0 Å². The average molecular weight is 307 g/mol.